The number of nitrogens with zero attached hydrogens (tertiary/aromatic N) is 1. The van der Waals surface area contributed by atoms with Crippen LogP contribution in [-0.2, 0) is 19.1 Å². The van der Waals surface area contributed by atoms with E-state index in [1.54, 1.807) is 0 Å². The number of likely N-dealkylation sites (tertiary alicyclic amines) is 1. The van der Waals surface area contributed by atoms with Crippen molar-refractivity contribution in [3.8, 4) is 0 Å². The van der Waals surface area contributed by atoms with Crippen LogP contribution in [0.2, 0.25) is 0 Å². The first-order valence-corrected chi connectivity index (χ1v) is 5.74. The molecule has 0 aromatic heterocycles. The number of esters is 1. The average Bonchev–Trinajstić information content (AvgIpc) is 2.98. The van der Waals surface area contributed by atoms with Gasteiger partial charge in [-0.15, -0.1) is 0 Å². The van der Waals surface area contributed by atoms with Crippen LogP contribution in [-0.4, -0.2) is 36.3 Å². The van der Waals surface area contributed by atoms with Crippen molar-refractivity contribution in [3.05, 3.63) is 12.2 Å². The van der Waals surface area contributed by atoms with Crippen molar-refractivity contribution in [2.45, 2.75) is 6.42 Å². The summed E-state index contributed by atoms with van der Waals surface area (Å²) in [5, 5.41) is 0. The van der Waals surface area contributed by atoms with Crippen LogP contribution in [0.25, 0.3) is 0 Å². The summed E-state index contributed by atoms with van der Waals surface area (Å²) in [6, 6.07) is 0. The van der Waals surface area contributed by atoms with Crippen LogP contribution in [0.15, 0.2) is 12.2 Å². The molecular weight excluding hydrogens is 222 g/mol. The van der Waals surface area contributed by atoms with Crippen LogP contribution in [0.4, 0.5) is 0 Å². The summed E-state index contributed by atoms with van der Waals surface area (Å²) in [6.07, 6.45) is 4.95. The van der Waals surface area contributed by atoms with Crippen LogP contribution < -0.4 is 0 Å². The third-order valence-electron chi connectivity index (χ3n) is 4.08. The van der Waals surface area contributed by atoms with Crippen molar-refractivity contribution in [1.29, 1.82) is 0 Å². The second kappa shape index (κ2) is 3.42. The van der Waals surface area contributed by atoms with Crippen LogP contribution >= 0.6 is 0 Å². The molecule has 2 amide bonds. The lowest BCUT2D eigenvalue weighted by atomic mass is 9.85. The fourth-order valence-electron chi connectivity index (χ4n) is 3.31. The number of rotatable bonds is 2. The van der Waals surface area contributed by atoms with Gasteiger partial charge in [-0.2, -0.15) is 0 Å². The number of carbonyl (C=O) groups excluding carboxylic acids is 3. The van der Waals surface area contributed by atoms with E-state index < -0.39 is 5.97 Å². The highest BCUT2D eigenvalue weighted by atomic mass is 16.5. The lowest BCUT2D eigenvalue weighted by molar-refractivity contribution is -0.151. The van der Waals surface area contributed by atoms with Gasteiger partial charge in [0.1, 0.15) is 6.54 Å². The summed E-state index contributed by atoms with van der Waals surface area (Å²) in [4.78, 5) is 36.4. The summed E-state index contributed by atoms with van der Waals surface area (Å²) in [5.74, 6) is -1.06. The molecular formula is C12H13NO4. The van der Waals surface area contributed by atoms with Gasteiger partial charge in [-0.25, -0.2) is 0 Å². The van der Waals surface area contributed by atoms with Gasteiger partial charge in [-0.3, -0.25) is 19.3 Å². The highest BCUT2D eigenvalue weighted by molar-refractivity contribution is 6.08. The van der Waals surface area contributed by atoms with Crippen molar-refractivity contribution in [2.75, 3.05) is 13.7 Å². The first kappa shape index (κ1) is 10.5. The van der Waals surface area contributed by atoms with Gasteiger partial charge in [-0.05, 0) is 18.3 Å². The molecule has 0 aromatic rings. The Labute approximate surface area is 98.4 Å². The zero-order chi connectivity index (χ0) is 12.2. The fraction of sp³-hybridized carbons (Fsp3) is 0.583. The number of ether oxygens (including phenoxy) is 1. The van der Waals surface area contributed by atoms with E-state index in [1.807, 2.05) is 12.2 Å². The number of carbonyl (C=O) groups is 3. The van der Waals surface area contributed by atoms with Gasteiger partial charge in [-0.1, -0.05) is 12.2 Å². The third-order valence-corrected chi connectivity index (χ3v) is 4.08. The van der Waals surface area contributed by atoms with Gasteiger partial charge in [0, 0.05) is 0 Å². The van der Waals surface area contributed by atoms with Gasteiger partial charge in [0.2, 0.25) is 11.8 Å². The van der Waals surface area contributed by atoms with Gasteiger partial charge in [0.25, 0.3) is 0 Å². The molecule has 1 saturated carbocycles. The minimum atomic E-state index is -0.549. The van der Waals surface area contributed by atoms with E-state index in [0.717, 1.165) is 11.3 Å². The summed E-state index contributed by atoms with van der Waals surface area (Å²) in [7, 11) is 1.25. The van der Waals surface area contributed by atoms with Gasteiger partial charge in [0.15, 0.2) is 0 Å². The molecule has 0 spiro atoms. The lowest BCUT2D eigenvalue weighted by Gasteiger charge is -2.15. The molecule has 1 heterocycles. The number of allylic oxidation sites excluding steroid dienone is 2. The molecule has 2 fully saturated rings. The van der Waals surface area contributed by atoms with E-state index in [2.05, 4.69) is 4.74 Å². The van der Waals surface area contributed by atoms with Crippen LogP contribution in [0, 0.1) is 23.7 Å². The molecule has 90 valence electrons. The number of hydrogen-bond acceptors (Lipinski definition) is 4. The molecule has 1 saturated heterocycles. The number of fused-ring (bicyclic) bond motifs is 5. The third kappa shape index (κ3) is 1.28. The maximum atomic E-state index is 12.1. The second-order valence-electron chi connectivity index (χ2n) is 4.84. The molecule has 0 radical (unpaired) electrons. The molecule has 5 nitrogen and oxygen atoms in total. The number of amides is 2. The molecule has 1 aliphatic heterocycles. The number of hydrogen-bond donors (Lipinski definition) is 0. The topological polar surface area (TPSA) is 63.7 Å². The van der Waals surface area contributed by atoms with Gasteiger partial charge < -0.3 is 4.74 Å². The predicted octanol–water partition coefficient (Wildman–Crippen LogP) is -0.0335. The Morgan fingerprint density at radius 2 is 1.82 bits per heavy atom. The predicted molar refractivity (Wildman–Crippen MR) is 56.5 cm³/mol. The quantitative estimate of drug-likeness (QED) is 0.383. The number of methoxy groups -OCH3 is 1. The smallest absolute Gasteiger partial charge is 0.325 e. The molecule has 17 heavy (non-hydrogen) atoms. The van der Waals surface area contributed by atoms with E-state index >= 15 is 0 Å². The molecule has 3 aliphatic rings. The standard InChI is InChI=1S/C12H13NO4/c1-17-8(14)5-13-11(15)9-6-2-3-7(4-6)10(9)12(13)16/h2-3,6-7,9-10H,4-5H2,1H3/t6-,7-,9+,10+/m0/s1. The number of imide groups is 1. The molecule has 5 heteroatoms. The van der Waals surface area contributed by atoms with Crippen LogP contribution in [0.1, 0.15) is 6.42 Å². The Bertz CT molecular complexity index is 412. The summed E-state index contributed by atoms with van der Waals surface area (Å²) in [6.45, 7) is -0.249. The Morgan fingerprint density at radius 3 is 2.29 bits per heavy atom. The van der Waals surface area contributed by atoms with E-state index in [4.69, 9.17) is 0 Å². The van der Waals surface area contributed by atoms with Crippen LogP contribution in [0.3, 0.4) is 0 Å². The molecule has 3 rings (SSSR count). The monoisotopic (exact) mass is 235 g/mol. The van der Waals surface area contributed by atoms with E-state index in [-0.39, 0.29) is 42.0 Å². The zero-order valence-corrected chi connectivity index (χ0v) is 9.46. The molecule has 4 atom stereocenters. The van der Waals surface area contributed by atoms with E-state index in [9.17, 15) is 14.4 Å². The normalized spacial score (nSPS) is 37.8. The second-order valence-corrected chi connectivity index (χ2v) is 4.84. The highest BCUT2D eigenvalue weighted by Crippen LogP contribution is 2.52. The van der Waals surface area contributed by atoms with Crippen molar-refractivity contribution in [2.24, 2.45) is 23.7 Å². The maximum absolute atomic E-state index is 12.1. The fourth-order valence-corrected chi connectivity index (χ4v) is 3.31. The minimum absolute atomic E-state index is 0.184. The Kier molecular flexibility index (Phi) is 2.11. The van der Waals surface area contributed by atoms with Crippen molar-refractivity contribution >= 4 is 17.8 Å². The first-order chi connectivity index (χ1) is 8.13. The van der Waals surface area contributed by atoms with Gasteiger partial charge in [0.05, 0.1) is 18.9 Å². The molecule has 0 unspecified atom stereocenters. The largest absolute Gasteiger partial charge is 0.468 e. The summed E-state index contributed by atoms with van der Waals surface area (Å²) < 4.78 is 4.50. The summed E-state index contributed by atoms with van der Waals surface area (Å²) in [5.41, 5.74) is 0. The zero-order valence-electron chi connectivity index (χ0n) is 9.46. The van der Waals surface area contributed by atoms with Crippen molar-refractivity contribution in [1.82, 2.24) is 4.90 Å². The lowest BCUT2D eigenvalue weighted by Crippen LogP contribution is -2.37. The molecule has 0 aromatic carbocycles. The first-order valence-electron chi connectivity index (χ1n) is 5.74. The Balaban J connectivity index is 1.85. The van der Waals surface area contributed by atoms with Crippen molar-refractivity contribution < 1.29 is 19.1 Å². The Hall–Kier alpha value is -1.65. The van der Waals surface area contributed by atoms with Crippen LogP contribution in [0.5, 0.6) is 0 Å². The van der Waals surface area contributed by atoms with Crippen molar-refractivity contribution in [3.63, 3.8) is 0 Å². The highest BCUT2D eigenvalue weighted by Gasteiger charge is 2.59. The van der Waals surface area contributed by atoms with Gasteiger partial charge >= 0.3 is 5.97 Å². The van der Waals surface area contributed by atoms with E-state index in [1.165, 1.54) is 7.11 Å². The maximum Gasteiger partial charge on any atom is 0.325 e. The summed E-state index contributed by atoms with van der Waals surface area (Å²) >= 11 is 0. The molecule has 2 bridgehead atoms. The minimum Gasteiger partial charge on any atom is -0.468 e. The Morgan fingerprint density at radius 1 is 1.29 bits per heavy atom. The SMILES string of the molecule is COC(=O)CN1C(=O)[C@H]2[C@H](C1=O)[C@H]1C=C[C@H]2C1. The molecule has 2 aliphatic carbocycles. The van der Waals surface area contributed by atoms with E-state index in [0.29, 0.717) is 0 Å². The average molecular weight is 235 g/mol. The molecule has 0 N–H and O–H groups in total.